The Hall–Kier alpha value is -3.74. The average Bonchev–Trinajstić information content (AvgIpc) is 3.17. The molecular formula is C20H17N5O2. The van der Waals surface area contributed by atoms with Gasteiger partial charge in [-0.2, -0.15) is 9.61 Å². The maximum absolute atomic E-state index is 12.6. The Balaban J connectivity index is 1.53. The third-order valence-electron chi connectivity index (χ3n) is 4.03. The number of amides is 1. The number of nitrogens with zero attached hydrogens (tertiary/aromatic N) is 4. The highest BCUT2D eigenvalue weighted by Gasteiger charge is 2.12. The van der Waals surface area contributed by atoms with E-state index >= 15 is 0 Å². The minimum atomic E-state index is -0.212. The van der Waals surface area contributed by atoms with Gasteiger partial charge in [0.1, 0.15) is 12.1 Å². The Morgan fingerprint density at radius 2 is 1.89 bits per heavy atom. The molecule has 0 aliphatic rings. The maximum atomic E-state index is 12.6. The van der Waals surface area contributed by atoms with Crippen molar-refractivity contribution in [2.45, 2.75) is 6.92 Å². The zero-order chi connectivity index (χ0) is 18.6. The molecule has 7 heteroatoms. The molecule has 0 unspecified atom stereocenters. The van der Waals surface area contributed by atoms with Gasteiger partial charge in [0.2, 0.25) is 0 Å². The Kier molecular flexibility index (Phi) is 4.49. The molecule has 4 aromatic rings. The summed E-state index contributed by atoms with van der Waals surface area (Å²) >= 11 is 0. The Bertz CT molecular complexity index is 1090. The fourth-order valence-electron chi connectivity index (χ4n) is 2.74. The molecule has 0 bridgehead atoms. The number of hydrogen-bond acceptors (Lipinski definition) is 5. The van der Waals surface area contributed by atoms with Crippen LogP contribution in [-0.2, 0) is 0 Å². The summed E-state index contributed by atoms with van der Waals surface area (Å²) < 4.78 is 7.14. The van der Waals surface area contributed by atoms with Crippen molar-refractivity contribution in [3.05, 3.63) is 72.6 Å². The van der Waals surface area contributed by atoms with Crippen molar-refractivity contribution in [3.63, 3.8) is 0 Å². The van der Waals surface area contributed by atoms with Crippen LogP contribution in [0.15, 0.2) is 67.0 Å². The van der Waals surface area contributed by atoms with Crippen molar-refractivity contribution in [3.8, 4) is 17.0 Å². The van der Waals surface area contributed by atoms with Gasteiger partial charge in [0.15, 0.2) is 5.65 Å². The van der Waals surface area contributed by atoms with Crippen molar-refractivity contribution in [1.29, 1.82) is 0 Å². The lowest BCUT2D eigenvalue weighted by atomic mass is 10.1. The summed E-state index contributed by atoms with van der Waals surface area (Å²) in [5.41, 5.74) is 3.61. The highest BCUT2D eigenvalue weighted by atomic mass is 16.5. The summed E-state index contributed by atoms with van der Waals surface area (Å²) in [6.07, 6.45) is 1.56. The van der Waals surface area contributed by atoms with Gasteiger partial charge in [-0.05, 0) is 43.3 Å². The van der Waals surface area contributed by atoms with Crippen LogP contribution in [0.1, 0.15) is 17.3 Å². The van der Waals surface area contributed by atoms with E-state index in [4.69, 9.17) is 4.74 Å². The average molecular weight is 359 g/mol. The molecule has 4 rings (SSSR count). The van der Waals surface area contributed by atoms with Gasteiger partial charge < -0.3 is 10.1 Å². The number of fused-ring (bicyclic) bond motifs is 1. The fraction of sp³-hybridized carbons (Fsp3) is 0.100. The molecule has 7 nitrogen and oxygen atoms in total. The molecule has 0 spiro atoms. The lowest BCUT2D eigenvalue weighted by Crippen LogP contribution is -2.13. The van der Waals surface area contributed by atoms with E-state index in [1.54, 1.807) is 23.0 Å². The number of aromatic nitrogens is 4. The number of para-hydroxylation sites is 1. The van der Waals surface area contributed by atoms with E-state index in [2.05, 4.69) is 20.6 Å². The largest absolute Gasteiger partial charge is 0.493 e. The van der Waals surface area contributed by atoms with Crippen molar-refractivity contribution in [1.82, 2.24) is 19.8 Å². The molecule has 0 saturated carbocycles. The number of nitrogens with one attached hydrogen (secondary N) is 1. The summed E-state index contributed by atoms with van der Waals surface area (Å²) in [6.45, 7) is 2.39. The van der Waals surface area contributed by atoms with Crippen molar-refractivity contribution < 1.29 is 9.53 Å². The molecule has 0 aliphatic heterocycles. The van der Waals surface area contributed by atoms with E-state index in [-0.39, 0.29) is 5.91 Å². The summed E-state index contributed by atoms with van der Waals surface area (Å²) in [7, 11) is 0. The monoisotopic (exact) mass is 359 g/mol. The fourth-order valence-corrected chi connectivity index (χ4v) is 2.74. The third kappa shape index (κ3) is 3.48. The molecule has 27 heavy (non-hydrogen) atoms. The number of carbonyl (C=O) groups excluding carboxylic acids is 1. The summed E-state index contributed by atoms with van der Waals surface area (Å²) in [4.78, 5) is 12.6. The number of benzene rings is 2. The number of carbonyl (C=O) groups is 1. The van der Waals surface area contributed by atoms with E-state index in [1.165, 1.54) is 0 Å². The molecule has 2 heterocycles. The SMILES string of the molecule is CCOc1ccccc1C(=O)Nc1ccc(-c2ccc3nncn3n2)cc1. The molecule has 134 valence electrons. The van der Waals surface area contributed by atoms with Gasteiger partial charge in [0.25, 0.3) is 5.91 Å². The van der Waals surface area contributed by atoms with Gasteiger partial charge in [-0.3, -0.25) is 4.79 Å². The first kappa shape index (κ1) is 16.7. The van der Waals surface area contributed by atoms with E-state index in [1.807, 2.05) is 55.5 Å². The second kappa shape index (κ2) is 7.25. The molecule has 0 aliphatic carbocycles. The molecule has 2 aromatic carbocycles. The van der Waals surface area contributed by atoms with E-state index in [0.29, 0.717) is 29.3 Å². The van der Waals surface area contributed by atoms with Crippen LogP contribution in [0, 0.1) is 0 Å². The third-order valence-corrected chi connectivity index (χ3v) is 4.03. The number of rotatable bonds is 5. The van der Waals surface area contributed by atoms with E-state index in [0.717, 1.165) is 11.3 Å². The van der Waals surface area contributed by atoms with Gasteiger partial charge in [0, 0.05) is 11.3 Å². The highest BCUT2D eigenvalue weighted by molar-refractivity contribution is 6.06. The standard InChI is InChI=1S/C20H17N5O2/c1-2-27-18-6-4-3-5-16(18)20(26)22-15-9-7-14(8-10-15)17-11-12-19-23-21-13-25(19)24-17/h3-13H,2H2,1H3,(H,22,26). The second-order valence-electron chi connectivity index (χ2n) is 5.81. The van der Waals surface area contributed by atoms with Crippen molar-refractivity contribution in [2.75, 3.05) is 11.9 Å². The maximum Gasteiger partial charge on any atom is 0.259 e. The minimum absolute atomic E-state index is 0.212. The highest BCUT2D eigenvalue weighted by Crippen LogP contribution is 2.22. The van der Waals surface area contributed by atoms with Gasteiger partial charge in [-0.1, -0.05) is 24.3 Å². The molecule has 0 saturated heterocycles. The molecule has 1 N–H and O–H groups in total. The van der Waals surface area contributed by atoms with Crippen LogP contribution in [0.5, 0.6) is 5.75 Å². The number of ether oxygens (including phenoxy) is 1. The lowest BCUT2D eigenvalue weighted by Gasteiger charge is -2.11. The van der Waals surface area contributed by atoms with Crippen LogP contribution in [0.25, 0.3) is 16.9 Å². The Morgan fingerprint density at radius 3 is 2.70 bits per heavy atom. The predicted molar refractivity (Wildman–Crippen MR) is 102 cm³/mol. The predicted octanol–water partition coefficient (Wildman–Crippen LogP) is 3.44. The zero-order valence-electron chi connectivity index (χ0n) is 14.7. The lowest BCUT2D eigenvalue weighted by molar-refractivity contribution is 0.102. The smallest absolute Gasteiger partial charge is 0.259 e. The van der Waals surface area contributed by atoms with Gasteiger partial charge in [-0.15, -0.1) is 10.2 Å². The first-order chi connectivity index (χ1) is 13.2. The van der Waals surface area contributed by atoms with Crippen LogP contribution in [0.4, 0.5) is 5.69 Å². The zero-order valence-corrected chi connectivity index (χ0v) is 14.7. The van der Waals surface area contributed by atoms with E-state index < -0.39 is 0 Å². The molecule has 1 amide bonds. The summed E-state index contributed by atoms with van der Waals surface area (Å²) in [5, 5.41) is 15.1. The van der Waals surface area contributed by atoms with Crippen LogP contribution in [0.2, 0.25) is 0 Å². The quantitative estimate of drug-likeness (QED) is 0.590. The molecule has 2 aromatic heterocycles. The number of anilines is 1. The molecule has 0 radical (unpaired) electrons. The van der Waals surface area contributed by atoms with Crippen molar-refractivity contribution >= 4 is 17.2 Å². The van der Waals surface area contributed by atoms with Gasteiger partial charge >= 0.3 is 0 Å². The molecule has 0 fully saturated rings. The second-order valence-corrected chi connectivity index (χ2v) is 5.81. The van der Waals surface area contributed by atoms with Gasteiger partial charge in [-0.25, -0.2) is 0 Å². The topological polar surface area (TPSA) is 81.4 Å². The minimum Gasteiger partial charge on any atom is -0.493 e. The summed E-state index contributed by atoms with van der Waals surface area (Å²) in [6, 6.07) is 18.4. The Morgan fingerprint density at radius 1 is 1.07 bits per heavy atom. The first-order valence-corrected chi connectivity index (χ1v) is 8.55. The van der Waals surface area contributed by atoms with E-state index in [9.17, 15) is 4.79 Å². The summed E-state index contributed by atoms with van der Waals surface area (Å²) in [5.74, 6) is 0.358. The normalized spacial score (nSPS) is 10.7. The van der Waals surface area contributed by atoms with Crippen LogP contribution in [0.3, 0.4) is 0 Å². The molecular weight excluding hydrogens is 342 g/mol. The van der Waals surface area contributed by atoms with Gasteiger partial charge in [0.05, 0.1) is 17.9 Å². The molecule has 0 atom stereocenters. The van der Waals surface area contributed by atoms with Crippen LogP contribution in [-0.4, -0.2) is 32.3 Å². The first-order valence-electron chi connectivity index (χ1n) is 8.55. The Labute approximate surface area is 155 Å². The van der Waals surface area contributed by atoms with Crippen LogP contribution >= 0.6 is 0 Å². The van der Waals surface area contributed by atoms with Crippen molar-refractivity contribution in [2.24, 2.45) is 0 Å². The number of hydrogen-bond donors (Lipinski definition) is 1. The van der Waals surface area contributed by atoms with Crippen LogP contribution < -0.4 is 10.1 Å².